The molecule has 0 saturated carbocycles. The fourth-order valence-electron chi connectivity index (χ4n) is 4.31. The van der Waals surface area contributed by atoms with Crippen LogP contribution >= 0.6 is 0 Å². The van der Waals surface area contributed by atoms with Crippen molar-refractivity contribution in [1.29, 1.82) is 0 Å². The van der Waals surface area contributed by atoms with Crippen LogP contribution in [0, 0.1) is 5.92 Å². The number of nitrogens with zero attached hydrogens (tertiary/aromatic N) is 1. The van der Waals surface area contributed by atoms with Crippen LogP contribution in [-0.2, 0) is 16.1 Å². The van der Waals surface area contributed by atoms with Gasteiger partial charge in [-0.2, -0.15) is 0 Å². The zero-order valence-electron chi connectivity index (χ0n) is 24.9. The molecule has 8 heteroatoms. The van der Waals surface area contributed by atoms with Crippen molar-refractivity contribution in [2.75, 3.05) is 13.2 Å². The van der Waals surface area contributed by atoms with E-state index in [-0.39, 0.29) is 18.4 Å². The van der Waals surface area contributed by atoms with Crippen molar-refractivity contribution in [3.63, 3.8) is 0 Å². The molecule has 3 aromatic carbocycles. The summed E-state index contributed by atoms with van der Waals surface area (Å²) in [6.45, 7) is 9.80. The zero-order valence-corrected chi connectivity index (χ0v) is 24.9. The quantitative estimate of drug-likeness (QED) is 0.113. The molecule has 0 aliphatic carbocycles. The van der Waals surface area contributed by atoms with Crippen LogP contribution in [0.3, 0.4) is 0 Å². The van der Waals surface area contributed by atoms with Gasteiger partial charge in [0.05, 0.1) is 13.2 Å². The van der Waals surface area contributed by atoms with E-state index in [1.54, 1.807) is 0 Å². The highest BCUT2D eigenvalue weighted by Crippen LogP contribution is 2.26. The van der Waals surface area contributed by atoms with Crippen LogP contribution in [0.1, 0.15) is 69.3 Å². The molecule has 224 valence electrons. The Morgan fingerprint density at radius 1 is 0.786 bits per heavy atom. The first kappa shape index (κ1) is 32.2. The third-order valence-corrected chi connectivity index (χ3v) is 6.51. The average Bonchev–Trinajstić information content (AvgIpc) is 2.96. The topological polar surface area (TPSA) is 102 Å². The summed E-state index contributed by atoms with van der Waals surface area (Å²) in [6, 6.07) is 23.3. The molecule has 1 amide bonds. The number of benzene rings is 3. The van der Waals surface area contributed by atoms with Gasteiger partial charge in [0.2, 0.25) is 0 Å². The van der Waals surface area contributed by atoms with Crippen LogP contribution in [-0.4, -0.2) is 47.3 Å². The van der Waals surface area contributed by atoms with Gasteiger partial charge in [-0.15, -0.1) is 0 Å². The van der Waals surface area contributed by atoms with E-state index in [4.69, 9.17) is 14.6 Å². The van der Waals surface area contributed by atoms with Crippen molar-refractivity contribution in [2.24, 2.45) is 5.92 Å². The molecule has 0 aliphatic rings. The van der Waals surface area contributed by atoms with E-state index in [2.05, 4.69) is 18.6 Å². The highest BCUT2D eigenvalue weighted by molar-refractivity contribution is 5.95. The molecule has 8 nitrogen and oxygen atoms in total. The standard InChI is InChI=1S/C34H41NO7/c1-24(2)23-41-31-13-9-11-29(21-31)27-15-17-28(18-16-27)33(37)35(25(3)4)22-26-10-8-12-30(20-26)40-19-7-5-6-14-32(36)42-34(38)39/h8-13,15-18,20-21,24-25H,5-7,14,19,22-23H2,1-4H3,(H,38,39). The number of ether oxygens (including phenoxy) is 3. The number of carboxylic acid groups (broad SMARTS) is 1. The number of carbonyl (C=O) groups excluding carboxylic acids is 2. The summed E-state index contributed by atoms with van der Waals surface area (Å²) in [7, 11) is 0. The van der Waals surface area contributed by atoms with Crippen molar-refractivity contribution >= 4 is 18.0 Å². The number of esters is 1. The van der Waals surface area contributed by atoms with Gasteiger partial charge in [-0.3, -0.25) is 9.59 Å². The largest absolute Gasteiger partial charge is 0.513 e. The van der Waals surface area contributed by atoms with Gasteiger partial charge in [-0.25, -0.2) is 4.79 Å². The van der Waals surface area contributed by atoms with Crippen LogP contribution in [0.25, 0.3) is 11.1 Å². The highest BCUT2D eigenvalue weighted by Gasteiger charge is 2.19. The maximum absolute atomic E-state index is 13.5. The van der Waals surface area contributed by atoms with Crippen LogP contribution in [0.4, 0.5) is 4.79 Å². The SMILES string of the molecule is CC(C)COc1cccc(-c2ccc(C(=O)N(Cc3cccc(OCCCCCC(=O)OC(=O)O)c3)C(C)C)cc2)c1. The number of hydrogen-bond acceptors (Lipinski definition) is 6. The molecule has 0 bridgehead atoms. The summed E-state index contributed by atoms with van der Waals surface area (Å²) < 4.78 is 15.8. The van der Waals surface area contributed by atoms with Gasteiger partial charge in [-0.05, 0) is 92.1 Å². The average molecular weight is 576 g/mol. The second-order valence-electron chi connectivity index (χ2n) is 10.9. The minimum absolute atomic E-state index is 0.00986. The molecule has 0 saturated heterocycles. The van der Waals surface area contributed by atoms with Gasteiger partial charge in [0.1, 0.15) is 11.5 Å². The highest BCUT2D eigenvalue weighted by atomic mass is 16.7. The lowest BCUT2D eigenvalue weighted by Crippen LogP contribution is -2.36. The van der Waals surface area contributed by atoms with Gasteiger partial charge in [0.25, 0.3) is 5.91 Å². The third-order valence-electron chi connectivity index (χ3n) is 6.51. The van der Waals surface area contributed by atoms with Gasteiger partial charge >= 0.3 is 12.1 Å². The zero-order chi connectivity index (χ0) is 30.5. The van der Waals surface area contributed by atoms with E-state index >= 15 is 0 Å². The second kappa shape index (κ2) is 16.2. The predicted octanol–water partition coefficient (Wildman–Crippen LogP) is 7.60. The maximum atomic E-state index is 13.5. The Morgan fingerprint density at radius 2 is 1.48 bits per heavy atom. The Labute approximate surface area is 248 Å². The van der Waals surface area contributed by atoms with Crippen LogP contribution in [0.5, 0.6) is 11.5 Å². The first-order chi connectivity index (χ1) is 20.1. The van der Waals surface area contributed by atoms with Crippen LogP contribution in [0.2, 0.25) is 0 Å². The molecule has 0 spiro atoms. The third kappa shape index (κ3) is 10.6. The lowest BCUT2D eigenvalue weighted by Gasteiger charge is -2.27. The Bertz CT molecular complexity index is 1320. The van der Waals surface area contributed by atoms with Crippen LogP contribution in [0.15, 0.2) is 72.8 Å². The van der Waals surface area contributed by atoms with E-state index in [0.29, 0.717) is 56.3 Å². The van der Waals surface area contributed by atoms with Gasteiger partial charge in [0, 0.05) is 24.6 Å². The summed E-state index contributed by atoms with van der Waals surface area (Å²) in [5.41, 5.74) is 3.64. The number of rotatable bonds is 15. The first-order valence-corrected chi connectivity index (χ1v) is 14.4. The maximum Gasteiger partial charge on any atom is 0.513 e. The Balaban J connectivity index is 1.56. The molecule has 3 aromatic rings. The number of hydrogen-bond donors (Lipinski definition) is 1. The molecule has 1 N–H and O–H groups in total. The number of amides is 1. The lowest BCUT2D eigenvalue weighted by molar-refractivity contribution is -0.139. The number of carbonyl (C=O) groups is 3. The second-order valence-corrected chi connectivity index (χ2v) is 10.9. The van der Waals surface area contributed by atoms with Gasteiger partial charge in [0.15, 0.2) is 0 Å². The smallest absolute Gasteiger partial charge is 0.494 e. The summed E-state index contributed by atoms with van der Waals surface area (Å²) in [6.07, 6.45) is 0.432. The molecular formula is C34H41NO7. The number of unbranched alkanes of at least 4 members (excludes halogenated alkanes) is 2. The molecule has 0 heterocycles. The van der Waals surface area contributed by atoms with Crippen LogP contribution < -0.4 is 9.47 Å². The van der Waals surface area contributed by atoms with E-state index < -0.39 is 12.1 Å². The molecule has 0 aliphatic heterocycles. The van der Waals surface area contributed by atoms with E-state index in [1.165, 1.54) is 0 Å². The van der Waals surface area contributed by atoms with E-state index in [9.17, 15) is 14.4 Å². The van der Waals surface area contributed by atoms with Crippen molar-refractivity contribution in [1.82, 2.24) is 4.90 Å². The summed E-state index contributed by atoms with van der Waals surface area (Å²) in [5, 5.41) is 8.44. The molecule has 0 fully saturated rings. The molecule has 0 unspecified atom stereocenters. The van der Waals surface area contributed by atoms with E-state index in [1.807, 2.05) is 91.5 Å². The normalized spacial score (nSPS) is 10.9. The minimum atomic E-state index is -1.58. The fourth-order valence-corrected chi connectivity index (χ4v) is 4.31. The molecule has 0 atom stereocenters. The van der Waals surface area contributed by atoms with Gasteiger partial charge < -0.3 is 24.2 Å². The molecule has 3 rings (SSSR count). The van der Waals surface area contributed by atoms with Crippen molar-refractivity contribution < 1.29 is 33.7 Å². The molecule has 0 aromatic heterocycles. The molecule has 0 radical (unpaired) electrons. The summed E-state index contributed by atoms with van der Waals surface area (Å²) in [4.78, 5) is 37.0. The van der Waals surface area contributed by atoms with Crippen molar-refractivity contribution in [2.45, 2.75) is 66.0 Å². The first-order valence-electron chi connectivity index (χ1n) is 14.4. The Morgan fingerprint density at radius 3 is 2.14 bits per heavy atom. The van der Waals surface area contributed by atoms with Crippen molar-refractivity contribution in [3.8, 4) is 22.6 Å². The predicted molar refractivity (Wildman–Crippen MR) is 162 cm³/mol. The molecule has 42 heavy (non-hydrogen) atoms. The lowest BCUT2D eigenvalue weighted by atomic mass is 10.0. The Kier molecular flexibility index (Phi) is 12.4. The summed E-state index contributed by atoms with van der Waals surface area (Å²) >= 11 is 0. The minimum Gasteiger partial charge on any atom is -0.494 e. The Hall–Kier alpha value is -4.33. The summed E-state index contributed by atoms with van der Waals surface area (Å²) in [5.74, 6) is 1.20. The van der Waals surface area contributed by atoms with E-state index in [0.717, 1.165) is 22.4 Å². The van der Waals surface area contributed by atoms with Gasteiger partial charge in [-0.1, -0.05) is 50.2 Å². The van der Waals surface area contributed by atoms with Crippen molar-refractivity contribution in [3.05, 3.63) is 83.9 Å². The fraction of sp³-hybridized carbons (Fsp3) is 0.382. The monoisotopic (exact) mass is 575 g/mol. The molecular weight excluding hydrogens is 534 g/mol.